The molecule has 0 radical (unpaired) electrons. The fourth-order valence-electron chi connectivity index (χ4n) is 5.39. The number of hydrogen-bond acceptors (Lipinski definition) is 5. The van der Waals surface area contributed by atoms with Crippen LogP contribution in [-0.4, -0.2) is 56.4 Å². The van der Waals surface area contributed by atoms with Gasteiger partial charge in [0.05, 0.1) is 23.7 Å². The molecular formula is C29H35F5N6O3. The van der Waals surface area contributed by atoms with E-state index in [9.17, 15) is 31.5 Å². The summed E-state index contributed by atoms with van der Waals surface area (Å²) in [7, 11) is 0. The van der Waals surface area contributed by atoms with Crippen molar-refractivity contribution in [3.05, 3.63) is 47.5 Å². The monoisotopic (exact) mass is 610 g/mol. The van der Waals surface area contributed by atoms with Gasteiger partial charge < -0.3 is 20.4 Å². The van der Waals surface area contributed by atoms with Crippen LogP contribution >= 0.6 is 0 Å². The maximum atomic E-state index is 13.2. The number of halogens is 5. The molecule has 2 aliphatic rings. The molecular weight excluding hydrogens is 575 g/mol. The van der Waals surface area contributed by atoms with Crippen molar-refractivity contribution in [2.75, 3.05) is 6.61 Å². The second-order valence-corrected chi connectivity index (χ2v) is 11.9. The van der Waals surface area contributed by atoms with Gasteiger partial charge >= 0.3 is 6.18 Å². The minimum atomic E-state index is -4.59. The Hall–Kier alpha value is -3.55. The molecule has 3 aromatic rings. The standard InChI is InChI=1S/C29H35F5N6O3/c1-15(2)40-23(8-9-35-40)27(42)38-22(14-43-16(3)29(32,33)34)26-36-20-7-6-19(11-21(20)37-26)25(18-4-5-18)39-24(41)10-17-12-28(30,31)13-17/h6-9,11,15-18,22,25H,4-5,10,12-14H2,1-3H3,(H,36,37)(H,38,42)(H,39,41)/t16-,22+,25-/m1/s1. The van der Waals surface area contributed by atoms with Crippen molar-refractivity contribution in [2.24, 2.45) is 11.8 Å². The number of nitrogens with zero attached hydrogens (tertiary/aromatic N) is 3. The summed E-state index contributed by atoms with van der Waals surface area (Å²) in [6.07, 6.45) is -3.88. The van der Waals surface area contributed by atoms with E-state index in [2.05, 4.69) is 25.7 Å². The summed E-state index contributed by atoms with van der Waals surface area (Å²) in [5, 5.41) is 9.88. The topological polar surface area (TPSA) is 114 Å². The molecule has 5 rings (SSSR count). The molecule has 3 N–H and O–H groups in total. The molecule has 2 aliphatic carbocycles. The smallest absolute Gasteiger partial charge is 0.366 e. The number of aromatic amines is 1. The van der Waals surface area contributed by atoms with E-state index in [0.717, 1.165) is 25.3 Å². The van der Waals surface area contributed by atoms with Crippen LogP contribution in [-0.2, 0) is 9.53 Å². The quantitative estimate of drug-likeness (QED) is 0.225. The summed E-state index contributed by atoms with van der Waals surface area (Å²) >= 11 is 0. The zero-order valence-corrected chi connectivity index (χ0v) is 24.0. The lowest BCUT2D eigenvalue weighted by atomic mass is 9.79. The number of fused-ring (bicyclic) bond motifs is 1. The van der Waals surface area contributed by atoms with Crippen molar-refractivity contribution in [3.8, 4) is 0 Å². The van der Waals surface area contributed by atoms with Gasteiger partial charge in [-0.15, -0.1) is 0 Å². The lowest BCUT2D eigenvalue weighted by Crippen LogP contribution is -2.39. The molecule has 0 saturated heterocycles. The van der Waals surface area contributed by atoms with Crippen molar-refractivity contribution in [1.29, 1.82) is 0 Å². The minimum Gasteiger partial charge on any atom is -0.366 e. The molecule has 9 nitrogen and oxygen atoms in total. The molecule has 2 saturated carbocycles. The van der Waals surface area contributed by atoms with E-state index in [1.54, 1.807) is 12.1 Å². The van der Waals surface area contributed by atoms with E-state index in [1.165, 1.54) is 16.9 Å². The Labute approximate surface area is 244 Å². The van der Waals surface area contributed by atoms with Crippen molar-refractivity contribution in [2.45, 2.75) is 89.2 Å². The van der Waals surface area contributed by atoms with Crippen molar-refractivity contribution < 1.29 is 36.3 Å². The number of imidazole rings is 1. The third-order valence-corrected chi connectivity index (χ3v) is 7.94. The molecule has 3 atom stereocenters. The number of benzene rings is 1. The van der Waals surface area contributed by atoms with E-state index >= 15 is 0 Å². The molecule has 0 unspecified atom stereocenters. The van der Waals surface area contributed by atoms with E-state index in [4.69, 9.17) is 4.74 Å². The van der Waals surface area contributed by atoms with Crippen LogP contribution < -0.4 is 10.6 Å². The highest BCUT2D eigenvalue weighted by Crippen LogP contribution is 2.45. The molecule has 234 valence electrons. The first-order valence-electron chi connectivity index (χ1n) is 14.4. The van der Waals surface area contributed by atoms with Crippen LogP contribution in [0.3, 0.4) is 0 Å². The van der Waals surface area contributed by atoms with Gasteiger partial charge in [-0.1, -0.05) is 6.07 Å². The second kappa shape index (κ2) is 11.9. The Morgan fingerprint density at radius 2 is 1.86 bits per heavy atom. The molecule has 43 heavy (non-hydrogen) atoms. The summed E-state index contributed by atoms with van der Waals surface area (Å²) < 4.78 is 72.6. The highest BCUT2D eigenvalue weighted by Gasteiger charge is 2.46. The number of H-pyrrole nitrogens is 1. The molecule has 0 aliphatic heterocycles. The van der Waals surface area contributed by atoms with Gasteiger partial charge in [-0.2, -0.15) is 18.3 Å². The average Bonchev–Trinajstić information content (AvgIpc) is 3.45. The van der Waals surface area contributed by atoms with Gasteiger partial charge in [0.1, 0.15) is 17.6 Å². The van der Waals surface area contributed by atoms with Gasteiger partial charge in [0.15, 0.2) is 6.10 Å². The molecule has 0 spiro atoms. The first kappa shape index (κ1) is 30.9. The number of carbonyl (C=O) groups excluding carboxylic acids is 2. The van der Waals surface area contributed by atoms with E-state index < -0.39 is 36.8 Å². The van der Waals surface area contributed by atoms with Crippen LogP contribution in [0, 0.1) is 11.8 Å². The van der Waals surface area contributed by atoms with E-state index in [-0.39, 0.29) is 60.6 Å². The Kier molecular flexibility index (Phi) is 8.52. The number of amides is 2. The number of aromatic nitrogens is 4. The number of ether oxygens (including phenoxy) is 1. The minimum absolute atomic E-state index is 0.0443. The molecule has 2 heterocycles. The largest absolute Gasteiger partial charge is 0.414 e. The fourth-order valence-corrected chi connectivity index (χ4v) is 5.39. The molecule has 2 amide bonds. The van der Waals surface area contributed by atoms with Gasteiger partial charge in [0.25, 0.3) is 5.91 Å². The maximum absolute atomic E-state index is 13.2. The first-order chi connectivity index (χ1) is 20.2. The second-order valence-electron chi connectivity index (χ2n) is 11.9. The number of nitrogens with one attached hydrogen (secondary N) is 3. The zero-order chi connectivity index (χ0) is 31.1. The Balaban J connectivity index is 1.35. The predicted octanol–water partition coefficient (Wildman–Crippen LogP) is 5.78. The van der Waals surface area contributed by atoms with Crippen LogP contribution in [0.1, 0.15) is 92.9 Å². The lowest BCUT2D eigenvalue weighted by Gasteiger charge is -2.34. The van der Waals surface area contributed by atoms with Crippen molar-refractivity contribution >= 4 is 22.8 Å². The zero-order valence-electron chi connectivity index (χ0n) is 24.0. The van der Waals surface area contributed by atoms with E-state index in [1.807, 2.05) is 19.9 Å². The summed E-state index contributed by atoms with van der Waals surface area (Å²) in [5.74, 6) is -3.44. The fraction of sp³-hybridized carbons (Fsp3) is 0.586. The van der Waals surface area contributed by atoms with Gasteiger partial charge in [-0.05, 0) is 69.2 Å². The third-order valence-electron chi connectivity index (χ3n) is 7.94. The van der Waals surface area contributed by atoms with Crippen LogP contribution in [0.2, 0.25) is 0 Å². The summed E-state index contributed by atoms with van der Waals surface area (Å²) in [6.45, 7) is 4.07. The third kappa shape index (κ3) is 7.34. The van der Waals surface area contributed by atoms with Crippen molar-refractivity contribution in [1.82, 2.24) is 30.4 Å². The van der Waals surface area contributed by atoms with Crippen molar-refractivity contribution in [3.63, 3.8) is 0 Å². The van der Waals surface area contributed by atoms with Crippen LogP contribution in [0.5, 0.6) is 0 Å². The first-order valence-corrected chi connectivity index (χ1v) is 14.4. The summed E-state index contributed by atoms with van der Waals surface area (Å²) in [5.41, 5.74) is 2.09. The van der Waals surface area contributed by atoms with E-state index in [0.29, 0.717) is 11.0 Å². The molecule has 14 heteroatoms. The maximum Gasteiger partial charge on any atom is 0.414 e. The SMILES string of the molecule is CC(C)n1nccc1C(=O)N[C@@H](CO[C@H](C)C(F)(F)F)c1nc2ccc([C@H](NC(=O)CC3CC(F)(F)C3)C3CC3)cc2[nH]1. The molecule has 2 fully saturated rings. The Morgan fingerprint density at radius 3 is 2.49 bits per heavy atom. The highest BCUT2D eigenvalue weighted by molar-refractivity contribution is 5.92. The summed E-state index contributed by atoms with van der Waals surface area (Å²) in [4.78, 5) is 33.5. The van der Waals surface area contributed by atoms with Gasteiger partial charge in [-0.3, -0.25) is 14.3 Å². The Morgan fingerprint density at radius 1 is 1.14 bits per heavy atom. The molecule has 2 aromatic heterocycles. The van der Waals surface area contributed by atoms with Gasteiger partial charge in [0.2, 0.25) is 11.8 Å². The molecule has 1 aromatic carbocycles. The number of alkyl halides is 5. The number of hydrogen-bond donors (Lipinski definition) is 3. The highest BCUT2D eigenvalue weighted by atomic mass is 19.4. The number of rotatable bonds is 12. The van der Waals surface area contributed by atoms with Crippen LogP contribution in [0.4, 0.5) is 22.0 Å². The lowest BCUT2D eigenvalue weighted by molar-refractivity contribution is -0.215. The van der Waals surface area contributed by atoms with Gasteiger partial charge in [0, 0.05) is 31.5 Å². The molecule has 0 bridgehead atoms. The Bertz CT molecular complexity index is 1460. The van der Waals surface area contributed by atoms with Crippen LogP contribution in [0.25, 0.3) is 11.0 Å². The van der Waals surface area contributed by atoms with Gasteiger partial charge in [-0.25, -0.2) is 13.8 Å². The number of carbonyl (C=O) groups is 2. The van der Waals surface area contributed by atoms with Crippen LogP contribution in [0.15, 0.2) is 30.5 Å². The average molecular weight is 611 g/mol. The predicted molar refractivity (Wildman–Crippen MR) is 146 cm³/mol. The summed E-state index contributed by atoms with van der Waals surface area (Å²) in [6, 6.07) is 5.36. The normalized spacial score (nSPS) is 19.2.